The number of halogens is 1. The first-order chi connectivity index (χ1) is 14.1. The van der Waals surface area contributed by atoms with Crippen molar-refractivity contribution in [3.63, 3.8) is 0 Å². The van der Waals surface area contributed by atoms with Crippen LogP contribution in [0, 0.1) is 6.92 Å². The molecule has 29 heavy (non-hydrogen) atoms. The summed E-state index contributed by atoms with van der Waals surface area (Å²) < 4.78 is 7.71. The third-order valence-corrected chi connectivity index (χ3v) is 6.20. The van der Waals surface area contributed by atoms with Crippen LogP contribution in [0.2, 0.25) is 5.02 Å². The number of nitrogens with one attached hydrogen (secondary N) is 2. The molecule has 2 N–H and O–H groups in total. The second-order valence-corrected chi connectivity index (χ2v) is 8.48. The molecular weight excluding hydrogens is 388 g/mol. The van der Waals surface area contributed by atoms with Gasteiger partial charge in [0.2, 0.25) is 0 Å². The molecule has 2 aromatic rings. The van der Waals surface area contributed by atoms with Gasteiger partial charge in [-0.2, -0.15) is 0 Å². The summed E-state index contributed by atoms with van der Waals surface area (Å²) in [6, 6.07) is 8.20. The SMILES string of the molecule is Cc1nnc(CN=C(NCC2CCCO2)NCC2(c3cccc(Cl)c3)CC2)n1C. The summed E-state index contributed by atoms with van der Waals surface area (Å²) in [5.41, 5.74) is 1.43. The van der Waals surface area contributed by atoms with E-state index in [1.54, 1.807) is 0 Å². The van der Waals surface area contributed by atoms with Gasteiger partial charge in [0.25, 0.3) is 0 Å². The molecule has 2 aliphatic rings. The van der Waals surface area contributed by atoms with E-state index in [1.807, 2.05) is 30.7 Å². The van der Waals surface area contributed by atoms with Crippen molar-refractivity contribution >= 4 is 17.6 Å². The number of hydrogen-bond acceptors (Lipinski definition) is 4. The minimum atomic E-state index is 0.137. The normalized spacial score (nSPS) is 20.7. The van der Waals surface area contributed by atoms with Gasteiger partial charge in [-0.05, 0) is 50.3 Å². The zero-order chi connectivity index (χ0) is 20.3. The third-order valence-electron chi connectivity index (χ3n) is 5.97. The summed E-state index contributed by atoms with van der Waals surface area (Å²) in [7, 11) is 1.96. The second-order valence-electron chi connectivity index (χ2n) is 8.05. The number of ether oxygens (including phenoxy) is 1. The number of rotatable bonds is 7. The number of aliphatic imine (C=N–C) groups is 1. The number of guanidine groups is 1. The summed E-state index contributed by atoms with van der Waals surface area (Å²) >= 11 is 6.21. The maximum absolute atomic E-state index is 6.21. The lowest BCUT2D eigenvalue weighted by Gasteiger charge is -2.20. The Labute approximate surface area is 176 Å². The molecule has 0 radical (unpaired) electrons. The average molecular weight is 417 g/mol. The van der Waals surface area contributed by atoms with E-state index in [2.05, 4.69) is 33.0 Å². The fraction of sp³-hybridized carbons (Fsp3) is 0.571. The molecule has 1 unspecified atom stereocenters. The van der Waals surface area contributed by atoms with Gasteiger partial charge in [0.05, 0.1) is 6.10 Å². The van der Waals surface area contributed by atoms with Crippen molar-refractivity contribution in [1.29, 1.82) is 0 Å². The highest BCUT2D eigenvalue weighted by molar-refractivity contribution is 6.30. The van der Waals surface area contributed by atoms with Crippen LogP contribution in [0.3, 0.4) is 0 Å². The Balaban J connectivity index is 1.42. The maximum atomic E-state index is 6.21. The van der Waals surface area contributed by atoms with Crippen molar-refractivity contribution in [3.8, 4) is 0 Å². The third kappa shape index (κ3) is 4.90. The highest BCUT2D eigenvalue weighted by Crippen LogP contribution is 2.48. The molecule has 0 amide bonds. The van der Waals surface area contributed by atoms with Crippen LogP contribution >= 0.6 is 11.6 Å². The first-order valence-corrected chi connectivity index (χ1v) is 10.7. The minimum Gasteiger partial charge on any atom is -0.376 e. The Hall–Kier alpha value is -2.12. The monoisotopic (exact) mass is 416 g/mol. The number of aryl methyl sites for hydroxylation is 1. The van der Waals surface area contributed by atoms with Crippen LogP contribution in [0.25, 0.3) is 0 Å². The van der Waals surface area contributed by atoms with Crippen LogP contribution in [-0.2, 0) is 23.7 Å². The lowest BCUT2D eigenvalue weighted by molar-refractivity contribution is 0.113. The van der Waals surface area contributed by atoms with Crippen molar-refractivity contribution in [2.75, 3.05) is 19.7 Å². The van der Waals surface area contributed by atoms with Crippen molar-refractivity contribution in [3.05, 3.63) is 46.5 Å². The molecule has 1 aromatic carbocycles. The molecule has 2 heterocycles. The molecular formula is C21H29ClN6O. The molecule has 8 heteroatoms. The number of benzene rings is 1. The van der Waals surface area contributed by atoms with Gasteiger partial charge < -0.3 is 19.9 Å². The summed E-state index contributed by atoms with van der Waals surface area (Å²) in [5, 5.41) is 16.1. The van der Waals surface area contributed by atoms with Crippen LogP contribution < -0.4 is 10.6 Å². The summed E-state index contributed by atoms with van der Waals surface area (Å²) in [6.45, 7) is 4.85. The fourth-order valence-electron chi connectivity index (χ4n) is 3.72. The lowest BCUT2D eigenvalue weighted by Crippen LogP contribution is -2.44. The van der Waals surface area contributed by atoms with E-state index in [1.165, 1.54) is 5.56 Å². The molecule has 1 aliphatic carbocycles. The Morgan fingerprint density at radius 3 is 2.86 bits per heavy atom. The molecule has 7 nitrogen and oxygen atoms in total. The molecule has 1 aliphatic heterocycles. The first kappa shape index (κ1) is 20.2. The Kier molecular flexibility index (Phi) is 6.06. The van der Waals surface area contributed by atoms with Crippen LogP contribution in [0.15, 0.2) is 29.3 Å². The van der Waals surface area contributed by atoms with Crippen LogP contribution in [0.5, 0.6) is 0 Å². The zero-order valence-corrected chi connectivity index (χ0v) is 17.9. The van der Waals surface area contributed by atoms with E-state index in [0.29, 0.717) is 6.54 Å². The minimum absolute atomic E-state index is 0.137. The Morgan fingerprint density at radius 1 is 1.34 bits per heavy atom. The molecule has 0 bridgehead atoms. The van der Waals surface area contributed by atoms with E-state index in [9.17, 15) is 0 Å². The second kappa shape index (κ2) is 8.71. The lowest BCUT2D eigenvalue weighted by atomic mass is 9.96. The molecule has 4 rings (SSSR count). The van der Waals surface area contributed by atoms with Gasteiger partial charge in [0.1, 0.15) is 12.4 Å². The summed E-state index contributed by atoms with van der Waals surface area (Å²) in [6.07, 6.45) is 4.78. The van der Waals surface area contributed by atoms with Crippen molar-refractivity contribution in [2.24, 2.45) is 12.0 Å². The first-order valence-electron chi connectivity index (χ1n) is 10.3. The van der Waals surface area contributed by atoms with Gasteiger partial charge in [-0.3, -0.25) is 0 Å². The topological polar surface area (TPSA) is 76.4 Å². The molecule has 156 valence electrons. The zero-order valence-electron chi connectivity index (χ0n) is 17.1. The van der Waals surface area contributed by atoms with Gasteiger partial charge in [0, 0.05) is 37.2 Å². The number of aromatic nitrogens is 3. The fourth-order valence-corrected chi connectivity index (χ4v) is 3.91. The molecule has 1 saturated carbocycles. The van der Waals surface area contributed by atoms with E-state index in [0.717, 1.165) is 68.0 Å². The van der Waals surface area contributed by atoms with Gasteiger partial charge >= 0.3 is 0 Å². The predicted octanol–water partition coefficient (Wildman–Crippen LogP) is 2.72. The standard InChI is InChI=1S/C21H29ClN6O/c1-15-26-27-19(28(15)2)13-24-20(23-12-18-7-4-10-29-18)25-14-21(8-9-21)16-5-3-6-17(22)11-16/h3,5-6,11,18H,4,7-10,12-14H2,1-2H3,(H2,23,24,25). The van der Waals surface area contributed by atoms with Crippen LogP contribution in [-0.4, -0.2) is 46.5 Å². The van der Waals surface area contributed by atoms with Crippen LogP contribution in [0.1, 0.15) is 42.9 Å². The predicted molar refractivity (Wildman–Crippen MR) is 114 cm³/mol. The molecule has 0 spiro atoms. The molecule has 2 fully saturated rings. The molecule has 1 atom stereocenters. The highest BCUT2D eigenvalue weighted by Gasteiger charge is 2.44. The largest absolute Gasteiger partial charge is 0.376 e. The maximum Gasteiger partial charge on any atom is 0.191 e. The summed E-state index contributed by atoms with van der Waals surface area (Å²) in [4.78, 5) is 4.76. The van der Waals surface area contributed by atoms with Crippen molar-refractivity contribution in [1.82, 2.24) is 25.4 Å². The Morgan fingerprint density at radius 2 is 2.21 bits per heavy atom. The molecule has 1 aromatic heterocycles. The Bertz CT molecular complexity index is 870. The average Bonchev–Trinajstić information content (AvgIpc) is 3.20. The van der Waals surface area contributed by atoms with E-state index >= 15 is 0 Å². The van der Waals surface area contributed by atoms with E-state index < -0.39 is 0 Å². The van der Waals surface area contributed by atoms with Gasteiger partial charge in [-0.15, -0.1) is 10.2 Å². The van der Waals surface area contributed by atoms with E-state index in [4.69, 9.17) is 21.3 Å². The van der Waals surface area contributed by atoms with Crippen molar-refractivity contribution in [2.45, 2.75) is 50.7 Å². The quantitative estimate of drug-likeness (QED) is 0.536. The summed E-state index contributed by atoms with van der Waals surface area (Å²) in [5.74, 6) is 2.51. The molecule has 1 saturated heterocycles. The van der Waals surface area contributed by atoms with E-state index in [-0.39, 0.29) is 11.5 Å². The number of nitrogens with zero attached hydrogens (tertiary/aromatic N) is 4. The van der Waals surface area contributed by atoms with Gasteiger partial charge in [-0.25, -0.2) is 4.99 Å². The van der Waals surface area contributed by atoms with Crippen molar-refractivity contribution < 1.29 is 4.74 Å². The smallest absolute Gasteiger partial charge is 0.191 e. The van der Waals surface area contributed by atoms with Gasteiger partial charge in [-0.1, -0.05) is 23.7 Å². The number of hydrogen-bond donors (Lipinski definition) is 2. The highest BCUT2D eigenvalue weighted by atomic mass is 35.5. The van der Waals surface area contributed by atoms with Crippen LogP contribution in [0.4, 0.5) is 0 Å². The van der Waals surface area contributed by atoms with Gasteiger partial charge in [0.15, 0.2) is 11.8 Å².